The molecule has 15 heavy (non-hydrogen) atoms. The van der Waals surface area contributed by atoms with E-state index in [-0.39, 0.29) is 23.3 Å². The zero-order valence-electron chi connectivity index (χ0n) is 9.25. The predicted molar refractivity (Wildman–Crippen MR) is 57.3 cm³/mol. The molecule has 3 N–H and O–H groups in total. The lowest BCUT2D eigenvalue weighted by molar-refractivity contribution is -0.126. The molecule has 1 heterocycles. The van der Waals surface area contributed by atoms with Crippen molar-refractivity contribution >= 4 is 5.91 Å². The number of carbonyl (C=O) groups excluding carboxylic acids is 1. The van der Waals surface area contributed by atoms with Crippen LogP contribution >= 0.6 is 0 Å². The summed E-state index contributed by atoms with van der Waals surface area (Å²) in [5.74, 6) is 0.366. The van der Waals surface area contributed by atoms with Gasteiger partial charge in [0.05, 0.1) is 6.10 Å². The molecule has 1 amide bonds. The molecule has 4 heteroatoms. The first kappa shape index (κ1) is 10.9. The van der Waals surface area contributed by atoms with Crippen LogP contribution in [-0.2, 0) is 4.79 Å². The molecule has 2 aliphatic rings. The summed E-state index contributed by atoms with van der Waals surface area (Å²) in [5.41, 5.74) is -0.0585. The fourth-order valence-electron chi connectivity index (χ4n) is 2.23. The maximum atomic E-state index is 11.8. The summed E-state index contributed by atoms with van der Waals surface area (Å²) in [6, 6.07) is 0. The van der Waals surface area contributed by atoms with Gasteiger partial charge in [-0.1, -0.05) is 6.92 Å². The van der Waals surface area contributed by atoms with E-state index in [0.717, 1.165) is 25.8 Å². The second-order valence-electron chi connectivity index (χ2n) is 4.83. The van der Waals surface area contributed by atoms with Crippen molar-refractivity contribution in [3.05, 3.63) is 0 Å². The molecule has 1 aliphatic heterocycles. The Bertz CT molecular complexity index is 251. The number of aliphatic hydroxyl groups excluding tert-OH is 1. The lowest BCUT2D eigenvalue weighted by Crippen LogP contribution is -2.38. The smallest absolute Gasteiger partial charge is 0.226 e. The van der Waals surface area contributed by atoms with Gasteiger partial charge in [0.25, 0.3) is 0 Å². The first-order valence-electron chi connectivity index (χ1n) is 5.85. The largest absolute Gasteiger partial charge is 0.391 e. The molecule has 0 bridgehead atoms. The van der Waals surface area contributed by atoms with Crippen LogP contribution in [0.2, 0.25) is 0 Å². The van der Waals surface area contributed by atoms with Crippen molar-refractivity contribution in [1.82, 2.24) is 10.6 Å². The van der Waals surface area contributed by atoms with E-state index in [1.165, 1.54) is 0 Å². The van der Waals surface area contributed by atoms with Crippen LogP contribution in [-0.4, -0.2) is 36.8 Å². The quantitative estimate of drug-likeness (QED) is 0.608. The Hall–Kier alpha value is -0.610. The first-order chi connectivity index (χ1) is 7.18. The van der Waals surface area contributed by atoms with Crippen LogP contribution in [0.15, 0.2) is 0 Å². The number of β-amino-alcohol motifs (C(OH)–C–C–N with tert-alkyl or cyclic N) is 1. The topological polar surface area (TPSA) is 61.4 Å². The molecule has 0 aromatic heterocycles. The van der Waals surface area contributed by atoms with E-state index < -0.39 is 0 Å². The molecular weight excluding hydrogens is 192 g/mol. The summed E-state index contributed by atoms with van der Waals surface area (Å²) in [6.45, 7) is 4.13. The summed E-state index contributed by atoms with van der Waals surface area (Å²) in [6.07, 6.45) is 2.69. The van der Waals surface area contributed by atoms with Gasteiger partial charge in [-0.3, -0.25) is 4.79 Å². The molecule has 2 unspecified atom stereocenters. The van der Waals surface area contributed by atoms with Crippen molar-refractivity contribution in [3.63, 3.8) is 0 Å². The number of nitrogens with one attached hydrogen (secondary N) is 2. The predicted octanol–water partition coefficient (Wildman–Crippen LogP) is -0.127. The van der Waals surface area contributed by atoms with E-state index in [1.54, 1.807) is 0 Å². The first-order valence-corrected chi connectivity index (χ1v) is 5.85. The molecule has 4 nitrogen and oxygen atoms in total. The molecule has 1 aliphatic carbocycles. The number of carbonyl (C=O) groups is 1. The van der Waals surface area contributed by atoms with Gasteiger partial charge in [-0.2, -0.15) is 0 Å². The molecule has 0 aromatic rings. The standard InChI is InChI=1S/C11H20N2O2/c1-2-11(3-4-11)10(15)13-6-8-5-12-7-9(8)14/h8-9,12,14H,2-7H2,1H3,(H,13,15). The minimum atomic E-state index is -0.304. The average Bonchev–Trinajstić information content (AvgIpc) is 2.94. The Kier molecular flexibility index (Phi) is 2.98. The van der Waals surface area contributed by atoms with Gasteiger partial charge in [-0.25, -0.2) is 0 Å². The molecule has 0 aromatic carbocycles. The van der Waals surface area contributed by atoms with Crippen LogP contribution in [0.1, 0.15) is 26.2 Å². The number of amides is 1. The normalized spacial score (nSPS) is 32.7. The van der Waals surface area contributed by atoms with Gasteiger partial charge in [0, 0.05) is 31.0 Å². The Balaban J connectivity index is 1.76. The highest BCUT2D eigenvalue weighted by molar-refractivity contribution is 5.85. The van der Waals surface area contributed by atoms with Gasteiger partial charge in [0.2, 0.25) is 5.91 Å². The highest BCUT2D eigenvalue weighted by Crippen LogP contribution is 2.48. The molecule has 2 rings (SSSR count). The lowest BCUT2D eigenvalue weighted by atomic mass is 10.0. The van der Waals surface area contributed by atoms with E-state index in [9.17, 15) is 9.90 Å². The van der Waals surface area contributed by atoms with Gasteiger partial charge in [-0.05, 0) is 19.3 Å². The average molecular weight is 212 g/mol. The van der Waals surface area contributed by atoms with E-state index in [0.29, 0.717) is 13.1 Å². The summed E-state index contributed by atoms with van der Waals surface area (Å²) >= 11 is 0. The summed E-state index contributed by atoms with van der Waals surface area (Å²) in [5, 5.41) is 15.6. The molecule has 1 saturated carbocycles. The van der Waals surface area contributed by atoms with Gasteiger partial charge < -0.3 is 15.7 Å². The Morgan fingerprint density at radius 2 is 2.27 bits per heavy atom. The minimum Gasteiger partial charge on any atom is -0.391 e. The SMILES string of the molecule is CCC1(C(=O)NCC2CNCC2O)CC1. The van der Waals surface area contributed by atoms with Crippen molar-refractivity contribution < 1.29 is 9.90 Å². The third kappa shape index (κ3) is 2.16. The zero-order chi connectivity index (χ0) is 10.9. The van der Waals surface area contributed by atoms with E-state index in [2.05, 4.69) is 17.6 Å². The number of hydrogen-bond donors (Lipinski definition) is 3. The van der Waals surface area contributed by atoms with Crippen molar-refractivity contribution in [2.45, 2.75) is 32.3 Å². The summed E-state index contributed by atoms with van der Waals surface area (Å²) in [4.78, 5) is 11.8. The molecule has 0 radical (unpaired) electrons. The van der Waals surface area contributed by atoms with Crippen LogP contribution in [0.5, 0.6) is 0 Å². The maximum absolute atomic E-state index is 11.8. The van der Waals surface area contributed by atoms with Crippen molar-refractivity contribution in [3.8, 4) is 0 Å². The van der Waals surface area contributed by atoms with Gasteiger partial charge in [0.15, 0.2) is 0 Å². The Labute approximate surface area is 90.4 Å². The monoisotopic (exact) mass is 212 g/mol. The Morgan fingerprint density at radius 1 is 1.53 bits per heavy atom. The van der Waals surface area contributed by atoms with Crippen LogP contribution in [0.4, 0.5) is 0 Å². The van der Waals surface area contributed by atoms with Crippen LogP contribution < -0.4 is 10.6 Å². The zero-order valence-corrected chi connectivity index (χ0v) is 9.25. The molecule has 0 spiro atoms. The highest BCUT2D eigenvalue weighted by Gasteiger charge is 2.47. The van der Waals surface area contributed by atoms with Crippen LogP contribution in [0, 0.1) is 11.3 Å². The molecule has 86 valence electrons. The van der Waals surface area contributed by atoms with E-state index in [4.69, 9.17) is 0 Å². The molecular formula is C11H20N2O2. The molecule has 2 atom stereocenters. The minimum absolute atomic E-state index is 0.0585. The van der Waals surface area contributed by atoms with Crippen molar-refractivity contribution in [2.75, 3.05) is 19.6 Å². The van der Waals surface area contributed by atoms with E-state index in [1.807, 2.05) is 0 Å². The second-order valence-corrected chi connectivity index (χ2v) is 4.83. The highest BCUT2D eigenvalue weighted by atomic mass is 16.3. The third-order valence-corrected chi connectivity index (χ3v) is 3.84. The van der Waals surface area contributed by atoms with Crippen LogP contribution in [0.3, 0.4) is 0 Å². The van der Waals surface area contributed by atoms with Crippen molar-refractivity contribution in [1.29, 1.82) is 0 Å². The van der Waals surface area contributed by atoms with Gasteiger partial charge in [0.1, 0.15) is 0 Å². The number of hydrogen-bond acceptors (Lipinski definition) is 3. The summed E-state index contributed by atoms with van der Waals surface area (Å²) in [7, 11) is 0. The molecule has 1 saturated heterocycles. The fraction of sp³-hybridized carbons (Fsp3) is 0.909. The lowest BCUT2D eigenvalue weighted by Gasteiger charge is -2.17. The van der Waals surface area contributed by atoms with Gasteiger partial charge >= 0.3 is 0 Å². The second kappa shape index (κ2) is 4.10. The number of rotatable bonds is 4. The fourth-order valence-corrected chi connectivity index (χ4v) is 2.23. The molecule has 2 fully saturated rings. The van der Waals surface area contributed by atoms with Gasteiger partial charge in [-0.15, -0.1) is 0 Å². The Morgan fingerprint density at radius 3 is 2.73 bits per heavy atom. The number of aliphatic hydroxyl groups is 1. The third-order valence-electron chi connectivity index (χ3n) is 3.84. The van der Waals surface area contributed by atoms with E-state index >= 15 is 0 Å². The van der Waals surface area contributed by atoms with Crippen LogP contribution in [0.25, 0.3) is 0 Å². The summed E-state index contributed by atoms with van der Waals surface area (Å²) < 4.78 is 0. The maximum Gasteiger partial charge on any atom is 0.226 e. The van der Waals surface area contributed by atoms with Crippen molar-refractivity contribution in [2.24, 2.45) is 11.3 Å².